The number of aliphatic hydroxyl groups is 1. The summed E-state index contributed by atoms with van der Waals surface area (Å²) >= 11 is 6.03. The molecule has 0 unspecified atom stereocenters. The number of benzene rings is 1. The molecule has 0 spiro atoms. The molecule has 0 aliphatic rings. The smallest absolute Gasteiger partial charge is 0.343 e. The van der Waals surface area contributed by atoms with Gasteiger partial charge < -0.3 is 14.6 Å². The Morgan fingerprint density at radius 3 is 2.61 bits per heavy atom. The fourth-order valence-electron chi connectivity index (χ4n) is 2.53. The maximum atomic E-state index is 12.3. The summed E-state index contributed by atoms with van der Waals surface area (Å²) in [7, 11) is 0. The van der Waals surface area contributed by atoms with Crippen molar-refractivity contribution in [1.29, 1.82) is 0 Å². The number of esters is 1. The zero-order valence-electron chi connectivity index (χ0n) is 16.7. The van der Waals surface area contributed by atoms with Crippen molar-refractivity contribution < 1.29 is 19.4 Å². The first-order valence-electron chi connectivity index (χ1n) is 9.46. The second kappa shape index (κ2) is 10.9. The van der Waals surface area contributed by atoms with Gasteiger partial charge in [-0.2, -0.15) is 0 Å². The van der Waals surface area contributed by atoms with Crippen molar-refractivity contribution in [2.24, 2.45) is 4.99 Å². The molecule has 8 heteroatoms. The number of carbonyl (C=O) groups excluding carboxylic acids is 1. The van der Waals surface area contributed by atoms with E-state index in [-0.39, 0.29) is 28.7 Å². The highest BCUT2D eigenvalue weighted by atomic mass is 35.5. The van der Waals surface area contributed by atoms with Gasteiger partial charge in [0.2, 0.25) is 5.88 Å². The van der Waals surface area contributed by atoms with Crippen LogP contribution < -0.4 is 4.74 Å². The molecule has 0 radical (unpaired) electrons. The summed E-state index contributed by atoms with van der Waals surface area (Å²) in [4.78, 5) is 24.7. The van der Waals surface area contributed by atoms with Gasteiger partial charge in [0.15, 0.2) is 0 Å². The van der Waals surface area contributed by atoms with E-state index in [9.17, 15) is 9.90 Å². The Morgan fingerprint density at radius 1 is 1.13 bits per heavy atom. The van der Waals surface area contributed by atoms with E-state index in [2.05, 4.69) is 15.0 Å². The normalized spacial score (nSPS) is 11.8. The number of aliphatic imine (C=N–C) groups is 1. The van der Waals surface area contributed by atoms with Crippen LogP contribution in [0.3, 0.4) is 0 Å². The van der Waals surface area contributed by atoms with E-state index in [1.165, 1.54) is 24.7 Å². The molecule has 0 aliphatic carbocycles. The number of pyridine rings is 2. The Balaban J connectivity index is 1.78. The Kier molecular flexibility index (Phi) is 7.73. The number of hydrogen-bond acceptors (Lipinski definition) is 7. The van der Waals surface area contributed by atoms with E-state index in [0.29, 0.717) is 18.2 Å². The quantitative estimate of drug-likeness (QED) is 0.176. The molecule has 2 heterocycles. The Labute approximate surface area is 184 Å². The third-order valence-electron chi connectivity index (χ3n) is 4.06. The maximum absolute atomic E-state index is 12.3. The first-order valence-corrected chi connectivity index (χ1v) is 9.84. The highest BCUT2D eigenvalue weighted by molar-refractivity contribution is 6.31. The van der Waals surface area contributed by atoms with Crippen molar-refractivity contribution in [3.63, 3.8) is 0 Å². The molecule has 3 aromatic rings. The summed E-state index contributed by atoms with van der Waals surface area (Å²) in [6, 6.07) is 16.2. The predicted molar refractivity (Wildman–Crippen MR) is 119 cm³/mol. The lowest BCUT2D eigenvalue weighted by Crippen LogP contribution is -2.11. The average molecular weight is 438 g/mol. The van der Waals surface area contributed by atoms with Crippen LogP contribution in [0.4, 0.5) is 5.69 Å². The molecular weight excluding hydrogens is 418 g/mol. The van der Waals surface area contributed by atoms with Crippen LogP contribution in [0, 0.1) is 0 Å². The van der Waals surface area contributed by atoms with Crippen molar-refractivity contribution in [3.8, 4) is 5.88 Å². The third kappa shape index (κ3) is 6.13. The maximum Gasteiger partial charge on any atom is 0.343 e. The summed E-state index contributed by atoms with van der Waals surface area (Å²) in [5, 5.41) is 10.6. The third-order valence-corrected chi connectivity index (χ3v) is 4.36. The van der Waals surface area contributed by atoms with Gasteiger partial charge >= 0.3 is 5.97 Å². The lowest BCUT2D eigenvalue weighted by atomic mass is 10.1. The fraction of sp³-hybridized carbons (Fsp3) is 0.130. The van der Waals surface area contributed by atoms with E-state index in [4.69, 9.17) is 21.1 Å². The van der Waals surface area contributed by atoms with E-state index < -0.39 is 5.97 Å². The molecular formula is C23H20ClN3O4. The Morgan fingerprint density at radius 2 is 1.94 bits per heavy atom. The van der Waals surface area contributed by atoms with Crippen molar-refractivity contribution in [2.45, 2.75) is 13.5 Å². The average Bonchev–Trinajstić information content (AvgIpc) is 2.79. The van der Waals surface area contributed by atoms with Crippen LogP contribution in [-0.2, 0) is 16.1 Å². The lowest BCUT2D eigenvalue weighted by Gasteiger charge is -2.08. The van der Waals surface area contributed by atoms with E-state index >= 15 is 0 Å². The topological polar surface area (TPSA) is 93.9 Å². The molecule has 0 atom stereocenters. The van der Waals surface area contributed by atoms with Crippen molar-refractivity contribution in [3.05, 3.63) is 88.8 Å². The molecule has 0 aliphatic heterocycles. The summed E-state index contributed by atoms with van der Waals surface area (Å²) in [6.07, 6.45) is 4.18. The SMILES string of the molecule is CCOC(=O)C(C=Nc1ccc(OCc2ccccc2)nc1)=C(O)c1cccnc1Cl. The summed E-state index contributed by atoms with van der Waals surface area (Å²) in [6.45, 7) is 2.20. The molecule has 0 bridgehead atoms. The van der Waals surface area contributed by atoms with Crippen molar-refractivity contribution >= 4 is 35.2 Å². The molecule has 158 valence electrons. The van der Waals surface area contributed by atoms with Gasteiger partial charge in [-0.05, 0) is 30.7 Å². The molecule has 7 nitrogen and oxygen atoms in total. The van der Waals surface area contributed by atoms with Crippen LogP contribution in [-0.4, -0.2) is 33.9 Å². The first-order chi connectivity index (χ1) is 15.1. The van der Waals surface area contributed by atoms with Gasteiger partial charge in [-0.15, -0.1) is 0 Å². The van der Waals surface area contributed by atoms with Gasteiger partial charge in [-0.1, -0.05) is 41.9 Å². The highest BCUT2D eigenvalue weighted by Gasteiger charge is 2.18. The van der Waals surface area contributed by atoms with Crippen LogP contribution in [0.5, 0.6) is 5.88 Å². The number of halogens is 1. The monoisotopic (exact) mass is 437 g/mol. The zero-order valence-corrected chi connectivity index (χ0v) is 17.5. The van der Waals surface area contributed by atoms with Gasteiger partial charge in [0.25, 0.3) is 0 Å². The molecule has 1 aromatic carbocycles. The van der Waals surface area contributed by atoms with Gasteiger partial charge in [0, 0.05) is 18.5 Å². The molecule has 0 saturated carbocycles. The molecule has 3 rings (SSSR count). The van der Waals surface area contributed by atoms with Crippen molar-refractivity contribution in [2.75, 3.05) is 6.61 Å². The van der Waals surface area contributed by atoms with Gasteiger partial charge in [0.1, 0.15) is 23.1 Å². The Hall–Kier alpha value is -3.71. The minimum atomic E-state index is -0.737. The number of aromatic nitrogens is 2. The standard InChI is InChI=1S/C23H20ClN3O4/c1-2-30-23(29)19(21(28)18-9-6-12-25-22(18)24)14-26-17-10-11-20(27-13-17)31-15-16-7-4-3-5-8-16/h3-14,28H,2,15H2,1H3. The predicted octanol–water partition coefficient (Wildman–Crippen LogP) is 4.94. The number of rotatable bonds is 8. The van der Waals surface area contributed by atoms with Gasteiger partial charge in [-0.25, -0.2) is 14.8 Å². The van der Waals surface area contributed by atoms with Gasteiger partial charge in [-0.3, -0.25) is 4.99 Å². The minimum Gasteiger partial charge on any atom is -0.506 e. The fourth-order valence-corrected chi connectivity index (χ4v) is 2.74. The molecule has 0 amide bonds. The molecule has 2 aromatic heterocycles. The minimum absolute atomic E-state index is 0.0526. The summed E-state index contributed by atoms with van der Waals surface area (Å²) in [5.74, 6) is -0.676. The summed E-state index contributed by atoms with van der Waals surface area (Å²) < 4.78 is 10.7. The molecule has 31 heavy (non-hydrogen) atoms. The van der Waals surface area contributed by atoms with Crippen molar-refractivity contribution in [1.82, 2.24) is 9.97 Å². The molecule has 0 fully saturated rings. The number of nitrogens with zero attached hydrogens (tertiary/aromatic N) is 3. The lowest BCUT2D eigenvalue weighted by molar-refractivity contribution is -0.137. The zero-order chi connectivity index (χ0) is 22.1. The second-order valence-electron chi connectivity index (χ2n) is 6.21. The van der Waals surface area contributed by atoms with Crippen LogP contribution >= 0.6 is 11.6 Å². The van der Waals surface area contributed by atoms with E-state index in [1.54, 1.807) is 25.1 Å². The van der Waals surface area contributed by atoms with E-state index in [1.807, 2.05) is 30.3 Å². The number of hydrogen-bond donors (Lipinski definition) is 1. The van der Waals surface area contributed by atoms with Crippen LogP contribution in [0.25, 0.3) is 5.76 Å². The van der Waals surface area contributed by atoms with Crippen LogP contribution in [0.15, 0.2) is 77.6 Å². The highest BCUT2D eigenvalue weighted by Crippen LogP contribution is 2.23. The number of aliphatic hydroxyl groups excluding tert-OH is 1. The summed E-state index contributed by atoms with van der Waals surface area (Å²) in [5.41, 5.74) is 1.53. The largest absolute Gasteiger partial charge is 0.506 e. The van der Waals surface area contributed by atoms with Crippen LogP contribution in [0.1, 0.15) is 18.1 Å². The first kappa shape index (κ1) is 22.0. The number of ether oxygens (including phenoxy) is 2. The number of carbonyl (C=O) groups is 1. The van der Waals surface area contributed by atoms with Crippen LogP contribution in [0.2, 0.25) is 5.15 Å². The molecule has 0 saturated heterocycles. The Bertz CT molecular complexity index is 1080. The van der Waals surface area contributed by atoms with Gasteiger partial charge in [0.05, 0.1) is 24.1 Å². The van der Waals surface area contributed by atoms with E-state index in [0.717, 1.165) is 5.56 Å². The second-order valence-corrected chi connectivity index (χ2v) is 6.57. The molecule has 1 N–H and O–H groups in total.